The minimum atomic E-state index is -0.145. The molecule has 21 heavy (non-hydrogen) atoms. The van der Waals surface area contributed by atoms with Crippen molar-refractivity contribution in [2.45, 2.75) is 19.8 Å². The highest BCUT2D eigenvalue weighted by molar-refractivity contribution is 6.05. The fourth-order valence-corrected chi connectivity index (χ4v) is 2.49. The van der Waals surface area contributed by atoms with Crippen LogP contribution in [-0.4, -0.2) is 43.4 Å². The Kier molecular flexibility index (Phi) is 6.65. The van der Waals surface area contributed by atoms with Gasteiger partial charge in [-0.3, -0.25) is 9.59 Å². The molecule has 116 valence electrons. The fourth-order valence-electron chi connectivity index (χ4n) is 2.49. The molecule has 2 rings (SSSR count). The van der Waals surface area contributed by atoms with Crippen molar-refractivity contribution in [3.63, 3.8) is 0 Å². The maximum Gasteiger partial charge on any atom is 0.256 e. The van der Waals surface area contributed by atoms with Gasteiger partial charge in [-0.2, -0.15) is 0 Å². The van der Waals surface area contributed by atoms with Crippen molar-refractivity contribution in [1.29, 1.82) is 0 Å². The van der Waals surface area contributed by atoms with Crippen molar-refractivity contribution < 1.29 is 9.59 Å². The number of amides is 2. The number of anilines is 1. The first-order valence-electron chi connectivity index (χ1n) is 6.97. The van der Waals surface area contributed by atoms with Crippen molar-refractivity contribution >= 4 is 29.9 Å². The first-order chi connectivity index (χ1) is 9.63. The zero-order chi connectivity index (χ0) is 14.5. The van der Waals surface area contributed by atoms with Crippen molar-refractivity contribution in [2.24, 2.45) is 0 Å². The van der Waals surface area contributed by atoms with Crippen LogP contribution in [0.3, 0.4) is 0 Å². The molecular formula is C15H22ClN3O2. The molecule has 2 N–H and O–H groups in total. The number of hydrogen-bond donors (Lipinski definition) is 2. The third-order valence-electron chi connectivity index (χ3n) is 3.49. The zero-order valence-corrected chi connectivity index (χ0v) is 13.3. The molecule has 0 spiro atoms. The Morgan fingerprint density at radius 3 is 2.52 bits per heavy atom. The van der Waals surface area contributed by atoms with Gasteiger partial charge < -0.3 is 15.5 Å². The van der Waals surface area contributed by atoms with Crippen LogP contribution in [0.2, 0.25) is 0 Å². The van der Waals surface area contributed by atoms with Gasteiger partial charge in [-0.1, -0.05) is 12.1 Å². The summed E-state index contributed by atoms with van der Waals surface area (Å²) in [6, 6.07) is 5.53. The van der Waals surface area contributed by atoms with Crippen LogP contribution >= 0.6 is 12.4 Å². The lowest BCUT2D eigenvalue weighted by Crippen LogP contribution is -2.31. The lowest BCUT2D eigenvalue weighted by molar-refractivity contribution is -0.115. The second-order valence-electron chi connectivity index (χ2n) is 5.08. The highest BCUT2D eigenvalue weighted by Gasteiger charge is 2.23. The minimum Gasteiger partial charge on any atom is -0.339 e. The molecule has 0 atom stereocenters. The molecule has 0 bridgehead atoms. The smallest absolute Gasteiger partial charge is 0.256 e. The summed E-state index contributed by atoms with van der Waals surface area (Å²) < 4.78 is 0. The van der Waals surface area contributed by atoms with Crippen molar-refractivity contribution in [3.8, 4) is 0 Å². The maximum atomic E-state index is 12.6. The Morgan fingerprint density at radius 1 is 1.24 bits per heavy atom. The highest BCUT2D eigenvalue weighted by atomic mass is 35.5. The number of likely N-dealkylation sites (N-methyl/N-ethyl adjacent to an activating group) is 1. The molecule has 1 fully saturated rings. The van der Waals surface area contributed by atoms with Gasteiger partial charge in [-0.05, 0) is 38.4 Å². The van der Waals surface area contributed by atoms with Crippen LogP contribution in [0.4, 0.5) is 5.69 Å². The monoisotopic (exact) mass is 311 g/mol. The molecule has 0 aromatic heterocycles. The first kappa shape index (κ1) is 17.5. The summed E-state index contributed by atoms with van der Waals surface area (Å²) in [6.07, 6.45) is 2.11. The maximum absolute atomic E-state index is 12.6. The van der Waals surface area contributed by atoms with Crippen LogP contribution in [0.25, 0.3) is 0 Å². The Labute approximate surface area is 131 Å². The van der Waals surface area contributed by atoms with Crippen LogP contribution in [0, 0.1) is 6.92 Å². The number of rotatable bonds is 4. The molecular weight excluding hydrogens is 290 g/mol. The number of carbonyl (C=O) groups is 2. The predicted octanol–water partition coefficient (Wildman–Crippen LogP) is 1.81. The summed E-state index contributed by atoms with van der Waals surface area (Å²) in [5.74, 6) is -0.131. The van der Waals surface area contributed by atoms with Crippen LogP contribution < -0.4 is 10.6 Å². The van der Waals surface area contributed by atoms with E-state index in [0.29, 0.717) is 11.3 Å². The molecule has 1 aromatic rings. The molecule has 0 unspecified atom stereocenters. The van der Waals surface area contributed by atoms with Crippen molar-refractivity contribution in [1.82, 2.24) is 10.2 Å². The SMILES string of the molecule is CNCC(=O)Nc1cccc(C)c1C(=O)N1CCCC1.Cl. The Balaban J connectivity index is 0.00000220. The summed E-state index contributed by atoms with van der Waals surface area (Å²) in [6.45, 7) is 3.73. The fraction of sp³-hybridized carbons (Fsp3) is 0.467. The van der Waals surface area contributed by atoms with Crippen molar-refractivity contribution in [2.75, 3.05) is 32.0 Å². The Morgan fingerprint density at radius 2 is 1.90 bits per heavy atom. The lowest BCUT2D eigenvalue weighted by atomic mass is 10.0. The summed E-state index contributed by atoms with van der Waals surface area (Å²) in [5, 5.41) is 5.61. The van der Waals surface area contributed by atoms with E-state index in [-0.39, 0.29) is 30.8 Å². The van der Waals surface area contributed by atoms with E-state index in [4.69, 9.17) is 0 Å². The number of hydrogen-bond acceptors (Lipinski definition) is 3. The van der Waals surface area contributed by atoms with Crippen molar-refractivity contribution in [3.05, 3.63) is 29.3 Å². The van der Waals surface area contributed by atoms with E-state index in [0.717, 1.165) is 31.5 Å². The quantitative estimate of drug-likeness (QED) is 0.891. The number of benzene rings is 1. The molecule has 0 saturated carbocycles. The average Bonchev–Trinajstić information content (AvgIpc) is 2.92. The van der Waals surface area contributed by atoms with E-state index in [9.17, 15) is 9.59 Å². The second kappa shape index (κ2) is 8.00. The van der Waals surface area contributed by atoms with E-state index in [1.807, 2.05) is 24.0 Å². The largest absolute Gasteiger partial charge is 0.339 e. The molecule has 0 radical (unpaired) electrons. The van der Waals surface area contributed by atoms with Crippen LogP contribution in [-0.2, 0) is 4.79 Å². The van der Waals surface area contributed by atoms with Gasteiger partial charge in [0.15, 0.2) is 0 Å². The number of halogens is 1. The summed E-state index contributed by atoms with van der Waals surface area (Å²) in [7, 11) is 1.71. The summed E-state index contributed by atoms with van der Waals surface area (Å²) in [5.41, 5.74) is 2.10. The third kappa shape index (κ3) is 4.19. The first-order valence-corrected chi connectivity index (χ1v) is 6.97. The van der Waals surface area contributed by atoms with E-state index >= 15 is 0 Å². The molecule has 0 aliphatic carbocycles. The van der Waals surface area contributed by atoms with Gasteiger partial charge in [0, 0.05) is 13.1 Å². The number of nitrogens with zero attached hydrogens (tertiary/aromatic N) is 1. The van der Waals surface area contributed by atoms with Gasteiger partial charge in [0.1, 0.15) is 0 Å². The molecule has 1 saturated heterocycles. The zero-order valence-electron chi connectivity index (χ0n) is 12.4. The van der Waals surface area contributed by atoms with Gasteiger partial charge in [0.2, 0.25) is 5.91 Å². The normalized spacial score (nSPS) is 13.7. The van der Waals surface area contributed by atoms with Crippen LogP contribution in [0.15, 0.2) is 18.2 Å². The predicted molar refractivity (Wildman–Crippen MR) is 86.1 cm³/mol. The molecule has 5 nitrogen and oxygen atoms in total. The number of aryl methyl sites for hydroxylation is 1. The number of carbonyl (C=O) groups excluding carboxylic acids is 2. The van der Waals surface area contributed by atoms with Gasteiger partial charge >= 0.3 is 0 Å². The Hall–Kier alpha value is -1.59. The van der Waals surface area contributed by atoms with Crippen LogP contribution in [0.5, 0.6) is 0 Å². The molecule has 1 aromatic carbocycles. The van der Waals surface area contributed by atoms with E-state index < -0.39 is 0 Å². The number of nitrogens with one attached hydrogen (secondary N) is 2. The Bertz CT molecular complexity index is 514. The second-order valence-corrected chi connectivity index (χ2v) is 5.08. The topological polar surface area (TPSA) is 61.4 Å². The lowest BCUT2D eigenvalue weighted by Gasteiger charge is -2.19. The van der Waals surface area contributed by atoms with Gasteiger partial charge in [0.05, 0.1) is 17.8 Å². The average molecular weight is 312 g/mol. The van der Waals surface area contributed by atoms with E-state index in [2.05, 4.69) is 10.6 Å². The summed E-state index contributed by atoms with van der Waals surface area (Å²) >= 11 is 0. The molecule has 1 aliphatic rings. The minimum absolute atomic E-state index is 0. The molecule has 6 heteroatoms. The molecule has 1 heterocycles. The van der Waals surface area contributed by atoms with Gasteiger partial charge in [0.25, 0.3) is 5.91 Å². The molecule has 1 aliphatic heterocycles. The van der Waals surface area contributed by atoms with Crippen LogP contribution in [0.1, 0.15) is 28.8 Å². The van der Waals surface area contributed by atoms with Gasteiger partial charge in [-0.15, -0.1) is 12.4 Å². The highest BCUT2D eigenvalue weighted by Crippen LogP contribution is 2.23. The van der Waals surface area contributed by atoms with Gasteiger partial charge in [-0.25, -0.2) is 0 Å². The van der Waals surface area contributed by atoms with E-state index in [1.54, 1.807) is 13.1 Å². The number of likely N-dealkylation sites (tertiary alicyclic amines) is 1. The standard InChI is InChI=1S/C15H21N3O2.ClH/c1-11-6-5-7-12(17-13(19)10-16-2)14(11)15(20)18-8-3-4-9-18;/h5-7,16H,3-4,8-10H2,1-2H3,(H,17,19);1H. The van der Waals surface area contributed by atoms with E-state index in [1.165, 1.54) is 0 Å². The summed E-state index contributed by atoms with van der Waals surface area (Å²) in [4.78, 5) is 26.2. The third-order valence-corrected chi connectivity index (χ3v) is 3.49. The molecule has 2 amide bonds.